The molecule has 1 aliphatic rings. The van der Waals surface area contributed by atoms with Gasteiger partial charge in [0, 0.05) is 19.5 Å². The quantitative estimate of drug-likeness (QED) is 0.640. The number of methoxy groups -OCH3 is 1. The molecule has 1 aromatic rings. The van der Waals surface area contributed by atoms with Crippen LogP contribution in [0.2, 0.25) is 0 Å². The van der Waals surface area contributed by atoms with E-state index in [9.17, 15) is 9.90 Å². The van der Waals surface area contributed by atoms with E-state index in [1.807, 2.05) is 6.07 Å². The highest BCUT2D eigenvalue weighted by Gasteiger charge is 2.46. The molecule has 0 heterocycles. The second-order valence-electron chi connectivity index (χ2n) is 5.64. The average molecular weight is 338 g/mol. The minimum atomic E-state index is -0.707. The van der Waals surface area contributed by atoms with E-state index in [0.717, 1.165) is 17.5 Å². The normalized spacial score (nSPS) is 19.4. The number of ether oxygens (including phenoxy) is 1. The van der Waals surface area contributed by atoms with Crippen molar-refractivity contribution in [3.05, 3.63) is 54.6 Å². The largest absolute Gasteiger partial charge is 0.508 e. The Kier molecular flexibility index (Phi) is 6.85. The smallest absolute Gasteiger partial charge is 0.326 e. The molecular formula is C18H24ClNO3. The maximum absolute atomic E-state index is 12.6. The molecule has 0 amide bonds. The van der Waals surface area contributed by atoms with E-state index in [1.165, 1.54) is 7.11 Å². The monoisotopic (exact) mass is 337 g/mol. The summed E-state index contributed by atoms with van der Waals surface area (Å²) in [4.78, 5) is 14.6. The van der Waals surface area contributed by atoms with Crippen molar-refractivity contribution in [3.8, 4) is 5.75 Å². The number of carbonyl (C=O) groups is 1. The van der Waals surface area contributed by atoms with Gasteiger partial charge in [-0.1, -0.05) is 18.2 Å². The number of benzene rings is 1. The molecule has 0 saturated heterocycles. The van der Waals surface area contributed by atoms with Crippen molar-refractivity contribution in [2.75, 3.05) is 20.2 Å². The van der Waals surface area contributed by atoms with Crippen LogP contribution in [0.15, 0.2) is 43.5 Å². The zero-order valence-corrected chi connectivity index (χ0v) is 14.3. The molecule has 1 aliphatic carbocycles. The Balaban J connectivity index is 0.00000264. The van der Waals surface area contributed by atoms with Crippen molar-refractivity contribution >= 4 is 18.4 Å². The predicted molar refractivity (Wildman–Crippen MR) is 94.1 cm³/mol. The molecule has 1 aromatic carbocycles. The van der Waals surface area contributed by atoms with Gasteiger partial charge in [0.2, 0.25) is 0 Å². The number of phenolic OH excluding ortho intramolecular Hbond substituents is 1. The van der Waals surface area contributed by atoms with Gasteiger partial charge in [0.05, 0.1) is 7.11 Å². The Hall–Kier alpha value is -1.78. The highest BCUT2D eigenvalue weighted by Crippen LogP contribution is 2.36. The second kappa shape index (κ2) is 8.18. The second-order valence-corrected chi connectivity index (χ2v) is 5.64. The topological polar surface area (TPSA) is 49.8 Å². The first kappa shape index (κ1) is 19.3. The first-order valence-corrected chi connectivity index (χ1v) is 7.43. The summed E-state index contributed by atoms with van der Waals surface area (Å²) in [5.74, 6) is 0.0354. The molecular weight excluding hydrogens is 314 g/mol. The van der Waals surface area contributed by atoms with Gasteiger partial charge in [-0.25, -0.2) is 0 Å². The van der Waals surface area contributed by atoms with E-state index in [2.05, 4.69) is 18.1 Å². The number of esters is 1. The summed E-state index contributed by atoms with van der Waals surface area (Å²) >= 11 is 0. The van der Waals surface area contributed by atoms with E-state index in [1.54, 1.807) is 24.3 Å². The molecule has 0 spiro atoms. The number of hydrogen-bond acceptors (Lipinski definition) is 4. The summed E-state index contributed by atoms with van der Waals surface area (Å²) in [6.45, 7) is 8.76. The number of aryl methyl sites for hydroxylation is 1. The van der Waals surface area contributed by atoms with Gasteiger partial charge in [-0.15, -0.1) is 25.6 Å². The standard InChI is InChI=1S/C18H23NO3.ClH/c1-4-10-19(11-5-2)18(17(21)22-3)9-8-14-12-16(20)7-6-15(14)13-18;/h4-7,12,20H,1-2,8-11,13H2,3H3;1H. The third kappa shape index (κ3) is 3.77. The highest BCUT2D eigenvalue weighted by atomic mass is 35.5. The molecule has 0 radical (unpaired) electrons. The Bertz CT molecular complexity index is 578. The van der Waals surface area contributed by atoms with E-state index < -0.39 is 5.54 Å². The number of halogens is 1. The molecule has 0 aromatic heterocycles. The third-order valence-electron chi connectivity index (χ3n) is 4.35. The highest BCUT2D eigenvalue weighted by molar-refractivity contribution is 5.85. The molecule has 1 atom stereocenters. The summed E-state index contributed by atoms with van der Waals surface area (Å²) in [7, 11) is 1.43. The Morgan fingerprint density at radius 3 is 2.57 bits per heavy atom. The van der Waals surface area contributed by atoms with Crippen LogP contribution in [-0.4, -0.2) is 41.7 Å². The molecule has 2 rings (SSSR count). The lowest BCUT2D eigenvalue weighted by Crippen LogP contribution is -2.58. The van der Waals surface area contributed by atoms with E-state index in [-0.39, 0.29) is 24.1 Å². The van der Waals surface area contributed by atoms with Gasteiger partial charge in [0.15, 0.2) is 0 Å². The van der Waals surface area contributed by atoms with Gasteiger partial charge in [0.25, 0.3) is 0 Å². The lowest BCUT2D eigenvalue weighted by atomic mass is 9.76. The molecule has 1 N–H and O–H groups in total. The van der Waals surface area contributed by atoms with E-state index >= 15 is 0 Å². The van der Waals surface area contributed by atoms with Crippen LogP contribution >= 0.6 is 12.4 Å². The Morgan fingerprint density at radius 2 is 2.00 bits per heavy atom. The van der Waals surface area contributed by atoms with Gasteiger partial charge in [-0.3, -0.25) is 9.69 Å². The summed E-state index contributed by atoms with van der Waals surface area (Å²) in [5.41, 5.74) is 1.46. The lowest BCUT2D eigenvalue weighted by molar-refractivity contribution is -0.155. The van der Waals surface area contributed by atoms with Crippen molar-refractivity contribution in [1.82, 2.24) is 4.90 Å². The maximum atomic E-state index is 12.6. The van der Waals surface area contributed by atoms with Crippen LogP contribution in [0.3, 0.4) is 0 Å². The average Bonchev–Trinajstić information content (AvgIpc) is 2.53. The van der Waals surface area contributed by atoms with Crippen molar-refractivity contribution in [3.63, 3.8) is 0 Å². The predicted octanol–water partition coefficient (Wildman–Crippen LogP) is 2.89. The molecule has 0 fully saturated rings. The van der Waals surface area contributed by atoms with Crippen LogP contribution in [0.25, 0.3) is 0 Å². The van der Waals surface area contributed by atoms with E-state index in [0.29, 0.717) is 25.9 Å². The molecule has 126 valence electrons. The number of carbonyl (C=O) groups excluding carboxylic acids is 1. The summed E-state index contributed by atoms with van der Waals surface area (Å²) in [6, 6.07) is 5.33. The number of phenols is 1. The van der Waals surface area contributed by atoms with E-state index in [4.69, 9.17) is 4.74 Å². The molecule has 0 bridgehead atoms. The van der Waals surface area contributed by atoms with Crippen LogP contribution in [0.5, 0.6) is 5.75 Å². The van der Waals surface area contributed by atoms with Crippen molar-refractivity contribution < 1.29 is 14.6 Å². The number of rotatable bonds is 6. The summed E-state index contributed by atoms with van der Waals surface area (Å²) in [5, 5.41) is 9.62. The first-order valence-electron chi connectivity index (χ1n) is 7.43. The van der Waals surface area contributed by atoms with Gasteiger partial charge in [0.1, 0.15) is 11.3 Å². The fourth-order valence-electron chi connectivity index (χ4n) is 3.26. The zero-order chi connectivity index (χ0) is 16.2. The maximum Gasteiger partial charge on any atom is 0.326 e. The van der Waals surface area contributed by atoms with Crippen molar-refractivity contribution in [1.29, 1.82) is 0 Å². The lowest BCUT2D eigenvalue weighted by Gasteiger charge is -2.43. The minimum Gasteiger partial charge on any atom is -0.508 e. The van der Waals surface area contributed by atoms with Gasteiger partial charge in [-0.2, -0.15) is 0 Å². The van der Waals surface area contributed by atoms with Crippen molar-refractivity contribution in [2.24, 2.45) is 0 Å². The Morgan fingerprint density at radius 1 is 1.35 bits per heavy atom. The minimum absolute atomic E-state index is 0. The SMILES string of the molecule is C=CCN(CC=C)C1(C(=O)OC)CCc2cc(O)ccc2C1.Cl. The van der Waals surface area contributed by atoms with Gasteiger partial charge >= 0.3 is 5.97 Å². The number of fused-ring (bicyclic) bond motifs is 1. The number of nitrogens with zero attached hydrogens (tertiary/aromatic N) is 1. The molecule has 1 unspecified atom stereocenters. The molecule has 5 heteroatoms. The molecule has 0 saturated carbocycles. The number of aromatic hydroxyl groups is 1. The Labute approximate surface area is 143 Å². The zero-order valence-electron chi connectivity index (χ0n) is 13.5. The fraction of sp³-hybridized carbons (Fsp3) is 0.389. The fourth-order valence-corrected chi connectivity index (χ4v) is 3.26. The van der Waals surface area contributed by atoms with Crippen LogP contribution in [-0.2, 0) is 22.4 Å². The molecule has 4 nitrogen and oxygen atoms in total. The van der Waals surface area contributed by atoms with Crippen LogP contribution < -0.4 is 0 Å². The molecule has 0 aliphatic heterocycles. The molecule has 23 heavy (non-hydrogen) atoms. The van der Waals surface area contributed by atoms with Gasteiger partial charge < -0.3 is 9.84 Å². The van der Waals surface area contributed by atoms with Crippen LogP contribution in [0.4, 0.5) is 0 Å². The van der Waals surface area contributed by atoms with Gasteiger partial charge in [-0.05, 0) is 36.1 Å². The third-order valence-corrected chi connectivity index (χ3v) is 4.35. The first-order chi connectivity index (χ1) is 10.6. The summed E-state index contributed by atoms with van der Waals surface area (Å²) in [6.07, 6.45) is 5.53. The number of hydrogen-bond donors (Lipinski definition) is 1. The van der Waals surface area contributed by atoms with Crippen LogP contribution in [0, 0.1) is 0 Å². The summed E-state index contributed by atoms with van der Waals surface area (Å²) < 4.78 is 5.11. The van der Waals surface area contributed by atoms with Crippen molar-refractivity contribution in [2.45, 2.75) is 24.8 Å². The van der Waals surface area contributed by atoms with Crippen LogP contribution in [0.1, 0.15) is 17.5 Å².